The molecular weight excluding hydrogens is 428 g/mol. The molecule has 1 atom stereocenters. The van der Waals surface area contributed by atoms with E-state index >= 15 is 0 Å². The lowest BCUT2D eigenvalue weighted by atomic mass is 10.0. The molecule has 0 saturated carbocycles. The average Bonchev–Trinajstić information content (AvgIpc) is 3.30. The smallest absolute Gasteiger partial charge is 0.337 e. The molecule has 0 bridgehead atoms. The minimum atomic E-state index is -0.399. The molecule has 1 amide bonds. The highest BCUT2D eigenvalue weighted by Crippen LogP contribution is 2.32. The third-order valence-corrected chi connectivity index (χ3v) is 6.19. The van der Waals surface area contributed by atoms with Crippen LogP contribution < -0.4 is 5.32 Å². The third kappa shape index (κ3) is 5.37. The first-order valence-corrected chi connectivity index (χ1v) is 11.8. The summed E-state index contributed by atoms with van der Waals surface area (Å²) in [5, 5.41) is 2.93. The summed E-state index contributed by atoms with van der Waals surface area (Å²) in [5.41, 5.74) is 2.87. The van der Waals surface area contributed by atoms with Gasteiger partial charge in [0, 0.05) is 25.8 Å². The Morgan fingerprint density at radius 3 is 2.65 bits per heavy atom. The van der Waals surface area contributed by atoms with Crippen LogP contribution in [0.3, 0.4) is 0 Å². The first-order valence-electron chi connectivity index (χ1n) is 11.8. The largest absolute Gasteiger partial charge is 0.465 e. The molecule has 4 rings (SSSR count). The maximum atomic E-state index is 13.0. The lowest BCUT2D eigenvalue weighted by molar-refractivity contribution is 0.0600. The average molecular weight is 461 g/mol. The van der Waals surface area contributed by atoms with Gasteiger partial charge in [-0.1, -0.05) is 56.3 Å². The Bertz CT molecular complexity index is 1140. The van der Waals surface area contributed by atoms with E-state index in [9.17, 15) is 9.59 Å². The van der Waals surface area contributed by atoms with Gasteiger partial charge < -0.3 is 14.6 Å². The Morgan fingerprint density at radius 1 is 1.12 bits per heavy atom. The van der Waals surface area contributed by atoms with Gasteiger partial charge in [-0.25, -0.2) is 9.78 Å². The van der Waals surface area contributed by atoms with Crippen molar-refractivity contribution in [1.82, 2.24) is 19.8 Å². The van der Waals surface area contributed by atoms with Crippen LogP contribution in [0, 0.1) is 5.92 Å². The van der Waals surface area contributed by atoms with Crippen LogP contribution >= 0.6 is 0 Å². The molecule has 1 N–H and O–H groups in total. The molecular formula is C27H32N4O3. The second kappa shape index (κ2) is 10.7. The number of hydrogen-bond donors (Lipinski definition) is 1. The van der Waals surface area contributed by atoms with Gasteiger partial charge in [-0.05, 0) is 42.1 Å². The van der Waals surface area contributed by atoms with Gasteiger partial charge in [-0.3, -0.25) is 9.69 Å². The fourth-order valence-corrected chi connectivity index (χ4v) is 4.32. The fraction of sp³-hybridized carbons (Fsp3) is 0.370. The summed E-state index contributed by atoms with van der Waals surface area (Å²) in [5.74, 6) is 0.894. The molecule has 1 aliphatic heterocycles. The van der Waals surface area contributed by atoms with Gasteiger partial charge in [-0.2, -0.15) is 0 Å². The van der Waals surface area contributed by atoms with E-state index in [1.54, 1.807) is 18.2 Å². The van der Waals surface area contributed by atoms with E-state index in [4.69, 9.17) is 9.72 Å². The zero-order valence-electron chi connectivity index (χ0n) is 20.0. The van der Waals surface area contributed by atoms with Gasteiger partial charge in [-0.15, -0.1) is 0 Å². The molecule has 0 fully saturated rings. The molecule has 1 unspecified atom stereocenters. The van der Waals surface area contributed by atoms with Crippen LogP contribution in [0.1, 0.15) is 64.1 Å². The summed E-state index contributed by atoms with van der Waals surface area (Å²) in [7, 11) is 1.35. The van der Waals surface area contributed by atoms with Gasteiger partial charge in [0.05, 0.1) is 18.7 Å². The van der Waals surface area contributed by atoms with Crippen molar-refractivity contribution in [2.75, 3.05) is 20.2 Å². The highest BCUT2D eigenvalue weighted by molar-refractivity contribution is 5.92. The first-order chi connectivity index (χ1) is 16.5. The number of hydrogen-bond acceptors (Lipinski definition) is 5. The second-order valence-electron chi connectivity index (χ2n) is 9.08. The van der Waals surface area contributed by atoms with Crippen LogP contribution in [0.15, 0.2) is 60.8 Å². The topological polar surface area (TPSA) is 76.5 Å². The predicted molar refractivity (Wildman–Crippen MR) is 130 cm³/mol. The van der Waals surface area contributed by atoms with Crippen molar-refractivity contribution < 1.29 is 14.3 Å². The molecule has 2 aromatic carbocycles. The number of carbonyl (C=O) groups excluding carboxylic acids is 2. The first kappa shape index (κ1) is 23.7. The molecule has 34 heavy (non-hydrogen) atoms. The summed E-state index contributed by atoms with van der Waals surface area (Å²) in [6.07, 6.45) is 2.97. The monoisotopic (exact) mass is 460 g/mol. The fourth-order valence-electron chi connectivity index (χ4n) is 4.32. The van der Waals surface area contributed by atoms with Crippen molar-refractivity contribution >= 4 is 11.9 Å². The number of amides is 1. The van der Waals surface area contributed by atoms with Crippen molar-refractivity contribution in [3.63, 3.8) is 0 Å². The SMILES string of the molecule is COC(=O)c1cccc(CNC(=O)c2cn3c(n2)C(c2ccccc2)N(CCC(C)C)CC3)c1. The number of rotatable bonds is 8. The molecule has 7 nitrogen and oxygen atoms in total. The second-order valence-corrected chi connectivity index (χ2v) is 9.08. The maximum absolute atomic E-state index is 13.0. The summed E-state index contributed by atoms with van der Waals surface area (Å²) in [6, 6.07) is 17.5. The summed E-state index contributed by atoms with van der Waals surface area (Å²) in [4.78, 5) is 32.0. The zero-order valence-corrected chi connectivity index (χ0v) is 20.0. The van der Waals surface area contributed by atoms with Crippen molar-refractivity contribution in [3.8, 4) is 0 Å². The van der Waals surface area contributed by atoms with Crippen LogP contribution in [0.25, 0.3) is 0 Å². The Morgan fingerprint density at radius 2 is 1.91 bits per heavy atom. The van der Waals surface area contributed by atoms with E-state index in [1.165, 1.54) is 12.7 Å². The van der Waals surface area contributed by atoms with Gasteiger partial charge in [0.1, 0.15) is 11.5 Å². The van der Waals surface area contributed by atoms with Gasteiger partial charge in [0.2, 0.25) is 0 Å². The molecule has 7 heteroatoms. The Hall–Kier alpha value is -3.45. The molecule has 178 valence electrons. The number of imidazole rings is 1. The number of nitrogens with zero attached hydrogens (tertiary/aromatic N) is 3. The minimum Gasteiger partial charge on any atom is -0.465 e. The van der Waals surface area contributed by atoms with E-state index in [1.807, 2.05) is 30.5 Å². The van der Waals surface area contributed by atoms with Crippen LogP contribution in [0.2, 0.25) is 0 Å². The standard InChI is InChI=1S/C27H32N4O3/c1-19(2)12-13-30-14-15-31-18-23(29-25(31)24(30)21-9-5-4-6-10-21)26(32)28-17-20-8-7-11-22(16-20)27(33)34-3/h4-11,16,18-19,24H,12-15,17H2,1-3H3,(H,28,32). The Labute approximate surface area is 200 Å². The van der Waals surface area contributed by atoms with Crippen molar-refractivity contribution in [2.45, 2.75) is 39.4 Å². The molecule has 1 aliphatic rings. The molecule has 3 aromatic rings. The third-order valence-electron chi connectivity index (χ3n) is 6.19. The van der Waals surface area contributed by atoms with E-state index < -0.39 is 5.97 Å². The lowest BCUT2D eigenvalue weighted by Gasteiger charge is -2.36. The Balaban J connectivity index is 1.52. The summed E-state index contributed by atoms with van der Waals surface area (Å²) in [6.45, 7) is 7.49. The van der Waals surface area contributed by atoms with Crippen molar-refractivity contribution in [3.05, 3.63) is 89.0 Å². The van der Waals surface area contributed by atoms with E-state index in [0.29, 0.717) is 23.7 Å². The lowest BCUT2D eigenvalue weighted by Crippen LogP contribution is -2.39. The summed E-state index contributed by atoms with van der Waals surface area (Å²) >= 11 is 0. The van der Waals surface area contributed by atoms with Crippen LogP contribution in [-0.2, 0) is 17.8 Å². The van der Waals surface area contributed by atoms with E-state index in [-0.39, 0.29) is 11.9 Å². The predicted octanol–water partition coefficient (Wildman–Crippen LogP) is 4.05. The van der Waals surface area contributed by atoms with Crippen LogP contribution in [-0.4, -0.2) is 46.5 Å². The van der Waals surface area contributed by atoms with E-state index in [0.717, 1.165) is 37.4 Å². The number of ether oxygens (including phenoxy) is 1. The maximum Gasteiger partial charge on any atom is 0.337 e. The van der Waals surface area contributed by atoms with Gasteiger partial charge in [0.15, 0.2) is 0 Å². The number of benzene rings is 2. The Kier molecular flexibility index (Phi) is 7.43. The van der Waals surface area contributed by atoms with Crippen LogP contribution in [0.4, 0.5) is 0 Å². The summed E-state index contributed by atoms with van der Waals surface area (Å²) < 4.78 is 6.88. The number of carbonyl (C=O) groups is 2. The molecule has 2 heterocycles. The molecule has 0 aliphatic carbocycles. The normalized spacial score (nSPS) is 15.7. The number of nitrogens with one attached hydrogen (secondary N) is 1. The number of esters is 1. The quantitative estimate of drug-likeness (QED) is 0.513. The van der Waals surface area contributed by atoms with Crippen molar-refractivity contribution in [1.29, 1.82) is 0 Å². The molecule has 0 spiro atoms. The minimum absolute atomic E-state index is 0.0204. The van der Waals surface area contributed by atoms with E-state index in [2.05, 4.69) is 40.8 Å². The number of aromatic nitrogens is 2. The van der Waals surface area contributed by atoms with Crippen molar-refractivity contribution in [2.24, 2.45) is 5.92 Å². The number of methoxy groups -OCH3 is 1. The van der Waals surface area contributed by atoms with Gasteiger partial charge >= 0.3 is 5.97 Å². The molecule has 1 aromatic heterocycles. The highest BCUT2D eigenvalue weighted by atomic mass is 16.5. The zero-order chi connectivity index (χ0) is 24.1. The van der Waals surface area contributed by atoms with Crippen LogP contribution in [0.5, 0.6) is 0 Å². The molecule has 0 saturated heterocycles. The molecule has 0 radical (unpaired) electrons. The van der Waals surface area contributed by atoms with Gasteiger partial charge in [0.25, 0.3) is 5.91 Å². The highest BCUT2D eigenvalue weighted by Gasteiger charge is 2.31. The number of fused-ring (bicyclic) bond motifs is 1.